The van der Waals surface area contributed by atoms with E-state index >= 15 is 0 Å². The normalized spacial score (nSPS) is 11.7. The van der Waals surface area contributed by atoms with Crippen LogP contribution in [-0.4, -0.2) is 20.9 Å². The van der Waals surface area contributed by atoms with Gasteiger partial charge in [-0.1, -0.05) is 20.8 Å². The molecule has 1 N–H and O–H groups in total. The molecule has 0 atom stereocenters. The molecular formula is C15H16FIN2O2. The van der Waals surface area contributed by atoms with Crippen LogP contribution in [0, 0.1) is 16.3 Å². The molecule has 1 aromatic carbocycles. The van der Waals surface area contributed by atoms with Crippen molar-refractivity contribution >= 4 is 28.6 Å². The Hall–Kier alpha value is -1.44. The molecule has 4 nitrogen and oxygen atoms in total. The van der Waals surface area contributed by atoms with E-state index in [4.69, 9.17) is 0 Å². The van der Waals surface area contributed by atoms with Crippen molar-refractivity contribution in [2.45, 2.75) is 33.1 Å². The Bertz CT molecular complexity index is 717. The number of carboxylic acids is 1. The smallest absolute Gasteiger partial charge is 0.357 e. The van der Waals surface area contributed by atoms with E-state index in [9.17, 15) is 14.3 Å². The fourth-order valence-electron chi connectivity index (χ4n) is 2.21. The average molecular weight is 402 g/mol. The molecule has 0 saturated carbocycles. The first-order chi connectivity index (χ1) is 9.62. The Balaban J connectivity index is 2.79. The Kier molecular flexibility index (Phi) is 4.10. The molecule has 0 aliphatic carbocycles. The molecule has 0 bridgehead atoms. The molecule has 6 heteroatoms. The van der Waals surface area contributed by atoms with Crippen LogP contribution in [0.25, 0.3) is 5.69 Å². The summed E-state index contributed by atoms with van der Waals surface area (Å²) < 4.78 is 15.5. The summed E-state index contributed by atoms with van der Waals surface area (Å²) in [5.74, 6) is -1.39. The van der Waals surface area contributed by atoms with Crippen molar-refractivity contribution in [3.63, 3.8) is 0 Å². The standard InChI is InChI=1S/C15H16FIN2O2/c1-8-7-9(16)5-6-10(8)19-13(15(2,3)4)11(17)12(18-19)14(20)21/h5-7H,1-4H3,(H,20,21). The largest absolute Gasteiger partial charge is 0.476 e. The zero-order valence-electron chi connectivity index (χ0n) is 12.2. The van der Waals surface area contributed by atoms with Gasteiger partial charge in [0.05, 0.1) is 15.0 Å². The number of carboxylic acid groups (broad SMARTS) is 1. The molecule has 0 fully saturated rings. The highest BCUT2D eigenvalue weighted by atomic mass is 127. The Labute approximate surface area is 136 Å². The van der Waals surface area contributed by atoms with Crippen LogP contribution < -0.4 is 0 Å². The van der Waals surface area contributed by atoms with Crippen LogP contribution in [0.4, 0.5) is 4.39 Å². The Morgan fingerprint density at radius 2 is 2.00 bits per heavy atom. The molecule has 21 heavy (non-hydrogen) atoms. The van der Waals surface area contributed by atoms with Crippen LogP contribution in [-0.2, 0) is 5.41 Å². The van der Waals surface area contributed by atoms with E-state index in [2.05, 4.69) is 5.10 Å². The predicted molar refractivity (Wildman–Crippen MR) is 86.6 cm³/mol. The molecule has 1 aromatic heterocycles. The average Bonchev–Trinajstić information content (AvgIpc) is 2.66. The molecule has 0 spiro atoms. The summed E-state index contributed by atoms with van der Waals surface area (Å²) in [5, 5.41) is 13.5. The number of hydrogen-bond donors (Lipinski definition) is 1. The molecule has 0 radical (unpaired) electrons. The monoisotopic (exact) mass is 402 g/mol. The van der Waals surface area contributed by atoms with E-state index in [1.54, 1.807) is 17.7 Å². The quantitative estimate of drug-likeness (QED) is 0.775. The van der Waals surface area contributed by atoms with E-state index in [0.29, 0.717) is 14.8 Å². The number of carbonyl (C=O) groups is 1. The minimum Gasteiger partial charge on any atom is -0.476 e. The van der Waals surface area contributed by atoms with E-state index in [1.807, 2.05) is 43.4 Å². The molecule has 112 valence electrons. The van der Waals surface area contributed by atoms with Gasteiger partial charge in [-0.15, -0.1) is 0 Å². The first-order valence-corrected chi connectivity index (χ1v) is 7.49. The molecule has 2 aromatic rings. The zero-order chi connectivity index (χ0) is 15.9. The van der Waals surface area contributed by atoms with Crippen molar-refractivity contribution in [1.29, 1.82) is 0 Å². The molecule has 0 aliphatic heterocycles. The maximum atomic E-state index is 13.3. The fourth-order valence-corrected chi connectivity index (χ4v) is 3.59. The Morgan fingerprint density at radius 1 is 1.38 bits per heavy atom. The summed E-state index contributed by atoms with van der Waals surface area (Å²) in [6.07, 6.45) is 0. The van der Waals surface area contributed by atoms with E-state index in [0.717, 1.165) is 5.69 Å². The number of rotatable bonds is 2. The van der Waals surface area contributed by atoms with Gasteiger partial charge in [-0.25, -0.2) is 13.9 Å². The number of benzene rings is 1. The summed E-state index contributed by atoms with van der Waals surface area (Å²) in [5.41, 5.74) is 1.92. The van der Waals surface area contributed by atoms with Crippen molar-refractivity contribution < 1.29 is 14.3 Å². The molecular weight excluding hydrogens is 386 g/mol. The second-order valence-corrected chi connectivity index (χ2v) is 6.99. The van der Waals surface area contributed by atoms with Gasteiger partial charge < -0.3 is 5.11 Å². The number of nitrogens with zero attached hydrogens (tertiary/aromatic N) is 2. The maximum absolute atomic E-state index is 13.3. The first-order valence-electron chi connectivity index (χ1n) is 6.41. The van der Waals surface area contributed by atoms with Gasteiger partial charge in [0.25, 0.3) is 0 Å². The number of hydrogen-bond acceptors (Lipinski definition) is 2. The predicted octanol–water partition coefficient (Wildman–Crippen LogP) is 3.92. The number of aromatic carboxylic acids is 1. The third-order valence-electron chi connectivity index (χ3n) is 3.13. The lowest BCUT2D eigenvalue weighted by atomic mass is 9.91. The molecule has 0 saturated heterocycles. The van der Waals surface area contributed by atoms with Crippen LogP contribution in [0.1, 0.15) is 42.5 Å². The lowest BCUT2D eigenvalue weighted by Gasteiger charge is -2.22. The van der Waals surface area contributed by atoms with E-state index in [-0.39, 0.29) is 16.9 Å². The van der Waals surface area contributed by atoms with Gasteiger partial charge in [0.2, 0.25) is 0 Å². The van der Waals surface area contributed by atoms with Gasteiger partial charge in [0, 0.05) is 5.41 Å². The molecule has 0 unspecified atom stereocenters. The Morgan fingerprint density at radius 3 is 2.48 bits per heavy atom. The molecule has 2 rings (SSSR count). The van der Waals surface area contributed by atoms with Crippen molar-refractivity contribution in [2.24, 2.45) is 0 Å². The summed E-state index contributed by atoms with van der Waals surface area (Å²) >= 11 is 2.01. The summed E-state index contributed by atoms with van der Waals surface area (Å²) in [6.45, 7) is 7.76. The van der Waals surface area contributed by atoms with Crippen molar-refractivity contribution in [3.8, 4) is 5.69 Å². The van der Waals surface area contributed by atoms with Crippen LogP contribution in [0.3, 0.4) is 0 Å². The van der Waals surface area contributed by atoms with Crippen molar-refractivity contribution in [1.82, 2.24) is 9.78 Å². The van der Waals surface area contributed by atoms with Crippen molar-refractivity contribution in [3.05, 3.63) is 44.5 Å². The fraction of sp³-hybridized carbons (Fsp3) is 0.333. The third kappa shape index (κ3) is 2.95. The number of aromatic nitrogens is 2. The second-order valence-electron chi connectivity index (χ2n) is 5.91. The molecule has 1 heterocycles. The highest BCUT2D eigenvalue weighted by Gasteiger charge is 2.29. The number of halogens is 2. The van der Waals surface area contributed by atoms with Crippen LogP contribution in [0.5, 0.6) is 0 Å². The minimum absolute atomic E-state index is 0.0178. The molecule has 0 aliphatic rings. The topological polar surface area (TPSA) is 55.1 Å². The first kappa shape index (κ1) is 15.9. The van der Waals surface area contributed by atoms with E-state index in [1.165, 1.54) is 12.1 Å². The molecule has 0 amide bonds. The van der Waals surface area contributed by atoms with Gasteiger partial charge in [-0.05, 0) is 53.3 Å². The maximum Gasteiger partial charge on any atom is 0.357 e. The van der Waals surface area contributed by atoms with Crippen LogP contribution in [0.2, 0.25) is 0 Å². The second kappa shape index (κ2) is 5.40. The summed E-state index contributed by atoms with van der Waals surface area (Å²) in [7, 11) is 0. The zero-order valence-corrected chi connectivity index (χ0v) is 14.4. The van der Waals surface area contributed by atoms with Gasteiger partial charge >= 0.3 is 5.97 Å². The number of aryl methyl sites for hydroxylation is 1. The van der Waals surface area contributed by atoms with Gasteiger partial charge in [0.15, 0.2) is 5.69 Å². The summed E-state index contributed by atoms with van der Waals surface area (Å²) in [6, 6.07) is 4.38. The van der Waals surface area contributed by atoms with Crippen molar-refractivity contribution in [2.75, 3.05) is 0 Å². The lowest BCUT2D eigenvalue weighted by molar-refractivity contribution is 0.0689. The third-order valence-corrected chi connectivity index (χ3v) is 4.15. The lowest BCUT2D eigenvalue weighted by Crippen LogP contribution is -2.19. The highest BCUT2D eigenvalue weighted by Crippen LogP contribution is 2.32. The van der Waals surface area contributed by atoms with Crippen LogP contribution in [0.15, 0.2) is 18.2 Å². The SMILES string of the molecule is Cc1cc(F)ccc1-n1nc(C(=O)O)c(I)c1C(C)(C)C. The van der Waals surface area contributed by atoms with Gasteiger partial charge in [-0.3, -0.25) is 0 Å². The van der Waals surface area contributed by atoms with Crippen LogP contribution >= 0.6 is 22.6 Å². The summed E-state index contributed by atoms with van der Waals surface area (Å²) in [4.78, 5) is 11.3. The van der Waals surface area contributed by atoms with Gasteiger partial charge in [0.1, 0.15) is 5.82 Å². The van der Waals surface area contributed by atoms with Gasteiger partial charge in [-0.2, -0.15) is 5.10 Å². The minimum atomic E-state index is -1.07. The van der Waals surface area contributed by atoms with E-state index < -0.39 is 5.97 Å². The highest BCUT2D eigenvalue weighted by molar-refractivity contribution is 14.1.